The first-order valence-corrected chi connectivity index (χ1v) is 7.64. The third kappa shape index (κ3) is 3.48. The van der Waals surface area contributed by atoms with Crippen LogP contribution in [-0.2, 0) is 9.47 Å². The van der Waals surface area contributed by atoms with E-state index in [1.54, 1.807) is 14.2 Å². The summed E-state index contributed by atoms with van der Waals surface area (Å²) >= 11 is 0. The standard InChI is InChI=1S/C15H30N2O2/c1-11(10-19-3)17(6-7-18-2)9-14-12-4-5-13(8-12)15(14)16/h11-15H,4-10,16H2,1-3H3. The van der Waals surface area contributed by atoms with Crippen LogP contribution in [0.2, 0.25) is 0 Å². The van der Waals surface area contributed by atoms with Crippen LogP contribution in [0.25, 0.3) is 0 Å². The Morgan fingerprint density at radius 1 is 1.21 bits per heavy atom. The minimum Gasteiger partial charge on any atom is -0.383 e. The molecule has 2 aliphatic carbocycles. The quantitative estimate of drug-likeness (QED) is 0.723. The van der Waals surface area contributed by atoms with Crippen molar-refractivity contribution in [3.63, 3.8) is 0 Å². The van der Waals surface area contributed by atoms with Gasteiger partial charge in [-0.15, -0.1) is 0 Å². The first kappa shape index (κ1) is 15.2. The fourth-order valence-electron chi connectivity index (χ4n) is 4.04. The molecular formula is C15H30N2O2. The molecule has 0 saturated heterocycles. The van der Waals surface area contributed by atoms with Gasteiger partial charge in [-0.3, -0.25) is 4.90 Å². The van der Waals surface area contributed by atoms with Crippen LogP contribution in [0.15, 0.2) is 0 Å². The molecule has 4 nitrogen and oxygen atoms in total. The molecule has 4 heteroatoms. The van der Waals surface area contributed by atoms with Crippen LogP contribution in [0, 0.1) is 17.8 Å². The molecule has 0 aromatic carbocycles. The molecule has 0 radical (unpaired) electrons. The first-order valence-electron chi connectivity index (χ1n) is 7.64. The summed E-state index contributed by atoms with van der Waals surface area (Å²) in [5.74, 6) is 2.33. The molecule has 0 aliphatic heterocycles. The number of nitrogens with zero attached hydrogens (tertiary/aromatic N) is 1. The summed E-state index contributed by atoms with van der Waals surface area (Å²) < 4.78 is 10.5. The van der Waals surface area contributed by atoms with Gasteiger partial charge in [0.2, 0.25) is 0 Å². The second-order valence-electron chi connectivity index (χ2n) is 6.37. The minimum atomic E-state index is 0.415. The van der Waals surface area contributed by atoms with E-state index in [2.05, 4.69) is 11.8 Å². The topological polar surface area (TPSA) is 47.7 Å². The van der Waals surface area contributed by atoms with Gasteiger partial charge in [-0.1, -0.05) is 0 Å². The zero-order valence-corrected chi connectivity index (χ0v) is 12.7. The van der Waals surface area contributed by atoms with Crippen LogP contribution >= 0.6 is 0 Å². The number of fused-ring (bicyclic) bond motifs is 2. The van der Waals surface area contributed by atoms with Gasteiger partial charge in [0, 0.05) is 39.4 Å². The summed E-state index contributed by atoms with van der Waals surface area (Å²) in [5, 5.41) is 0. The molecule has 0 aromatic rings. The summed E-state index contributed by atoms with van der Waals surface area (Å²) in [7, 11) is 3.54. The molecule has 2 bridgehead atoms. The third-order valence-electron chi connectivity index (χ3n) is 5.22. The number of hydrogen-bond donors (Lipinski definition) is 1. The zero-order chi connectivity index (χ0) is 13.8. The summed E-state index contributed by atoms with van der Waals surface area (Å²) in [6.45, 7) is 5.87. The van der Waals surface area contributed by atoms with E-state index >= 15 is 0 Å². The van der Waals surface area contributed by atoms with Crippen molar-refractivity contribution in [2.45, 2.75) is 38.3 Å². The highest BCUT2D eigenvalue weighted by Crippen LogP contribution is 2.47. The van der Waals surface area contributed by atoms with Gasteiger partial charge in [0.15, 0.2) is 0 Å². The van der Waals surface area contributed by atoms with Crippen LogP contribution in [0.5, 0.6) is 0 Å². The lowest BCUT2D eigenvalue weighted by molar-refractivity contribution is 0.0549. The lowest BCUT2D eigenvalue weighted by Crippen LogP contribution is -2.47. The van der Waals surface area contributed by atoms with E-state index in [0.29, 0.717) is 18.0 Å². The highest BCUT2D eigenvalue weighted by Gasteiger charge is 2.46. The second kappa shape index (κ2) is 7.02. The lowest BCUT2D eigenvalue weighted by atomic mass is 9.84. The van der Waals surface area contributed by atoms with Crippen LogP contribution < -0.4 is 5.73 Å². The van der Waals surface area contributed by atoms with Gasteiger partial charge >= 0.3 is 0 Å². The number of hydrogen-bond acceptors (Lipinski definition) is 4. The van der Waals surface area contributed by atoms with Crippen molar-refractivity contribution in [2.24, 2.45) is 23.5 Å². The van der Waals surface area contributed by atoms with Crippen molar-refractivity contribution in [1.29, 1.82) is 0 Å². The predicted molar refractivity (Wildman–Crippen MR) is 77.1 cm³/mol. The highest BCUT2D eigenvalue weighted by molar-refractivity contribution is 5.00. The van der Waals surface area contributed by atoms with Gasteiger partial charge in [-0.05, 0) is 43.9 Å². The van der Waals surface area contributed by atoms with Gasteiger partial charge in [0.05, 0.1) is 13.2 Å². The summed E-state index contributed by atoms with van der Waals surface area (Å²) in [6, 6.07) is 0.852. The van der Waals surface area contributed by atoms with E-state index in [1.165, 1.54) is 19.3 Å². The molecule has 5 unspecified atom stereocenters. The Bertz CT molecular complexity index is 273. The van der Waals surface area contributed by atoms with E-state index in [4.69, 9.17) is 15.2 Å². The van der Waals surface area contributed by atoms with Gasteiger partial charge in [-0.2, -0.15) is 0 Å². The second-order valence-corrected chi connectivity index (χ2v) is 6.37. The molecule has 2 rings (SSSR count). The molecule has 19 heavy (non-hydrogen) atoms. The maximum absolute atomic E-state index is 6.43. The van der Waals surface area contributed by atoms with E-state index in [1.807, 2.05) is 0 Å². The molecule has 2 saturated carbocycles. The number of rotatable bonds is 8. The van der Waals surface area contributed by atoms with Crippen molar-refractivity contribution in [3.8, 4) is 0 Å². The molecule has 0 heterocycles. The first-order chi connectivity index (χ1) is 9.17. The van der Waals surface area contributed by atoms with Crippen LogP contribution in [0.3, 0.4) is 0 Å². The minimum absolute atomic E-state index is 0.415. The normalized spacial score (nSPS) is 35.2. The van der Waals surface area contributed by atoms with Crippen LogP contribution in [0.4, 0.5) is 0 Å². The van der Waals surface area contributed by atoms with E-state index < -0.39 is 0 Å². The fourth-order valence-corrected chi connectivity index (χ4v) is 4.04. The zero-order valence-electron chi connectivity index (χ0n) is 12.7. The maximum Gasteiger partial charge on any atom is 0.0615 e. The Morgan fingerprint density at radius 2 is 1.95 bits per heavy atom. The van der Waals surface area contributed by atoms with Crippen molar-refractivity contribution in [2.75, 3.05) is 40.5 Å². The summed E-state index contributed by atoms with van der Waals surface area (Å²) in [4.78, 5) is 2.50. The van der Waals surface area contributed by atoms with Crippen molar-refractivity contribution in [1.82, 2.24) is 4.90 Å². The van der Waals surface area contributed by atoms with Gasteiger partial charge < -0.3 is 15.2 Å². The molecule has 112 valence electrons. The number of ether oxygens (including phenoxy) is 2. The average molecular weight is 270 g/mol. The van der Waals surface area contributed by atoms with Gasteiger partial charge in [0.1, 0.15) is 0 Å². The summed E-state index contributed by atoms with van der Waals surface area (Å²) in [5.41, 5.74) is 6.43. The summed E-state index contributed by atoms with van der Waals surface area (Å²) in [6.07, 6.45) is 4.11. The Kier molecular flexibility index (Phi) is 5.63. The molecule has 2 N–H and O–H groups in total. The Labute approximate surface area is 117 Å². The SMILES string of the molecule is COCCN(CC1C2CCC(C2)C1N)C(C)COC. The van der Waals surface area contributed by atoms with Crippen molar-refractivity contribution in [3.05, 3.63) is 0 Å². The van der Waals surface area contributed by atoms with E-state index in [9.17, 15) is 0 Å². The Hall–Kier alpha value is -0.160. The molecule has 0 amide bonds. The van der Waals surface area contributed by atoms with Crippen molar-refractivity contribution < 1.29 is 9.47 Å². The smallest absolute Gasteiger partial charge is 0.0615 e. The molecule has 0 spiro atoms. The number of nitrogens with two attached hydrogens (primary N) is 1. The maximum atomic E-state index is 6.43. The molecule has 2 fully saturated rings. The monoisotopic (exact) mass is 270 g/mol. The molecule has 0 aromatic heterocycles. The molecule has 2 aliphatic rings. The van der Waals surface area contributed by atoms with Crippen molar-refractivity contribution >= 4 is 0 Å². The van der Waals surface area contributed by atoms with E-state index in [0.717, 1.165) is 38.1 Å². The third-order valence-corrected chi connectivity index (χ3v) is 5.22. The highest BCUT2D eigenvalue weighted by atomic mass is 16.5. The Morgan fingerprint density at radius 3 is 2.53 bits per heavy atom. The largest absolute Gasteiger partial charge is 0.383 e. The van der Waals surface area contributed by atoms with Gasteiger partial charge in [-0.25, -0.2) is 0 Å². The van der Waals surface area contributed by atoms with Crippen LogP contribution in [-0.4, -0.2) is 57.5 Å². The Balaban J connectivity index is 1.91. The molecule has 5 atom stereocenters. The lowest BCUT2D eigenvalue weighted by Gasteiger charge is -2.36. The predicted octanol–water partition coefficient (Wildman–Crippen LogP) is 1.34. The molecular weight excluding hydrogens is 240 g/mol. The average Bonchev–Trinajstić information content (AvgIpc) is 2.97. The van der Waals surface area contributed by atoms with Gasteiger partial charge in [0.25, 0.3) is 0 Å². The van der Waals surface area contributed by atoms with Crippen LogP contribution in [0.1, 0.15) is 26.2 Å². The van der Waals surface area contributed by atoms with E-state index in [-0.39, 0.29) is 0 Å². The fraction of sp³-hybridized carbons (Fsp3) is 1.00. The number of methoxy groups -OCH3 is 2.